The second-order valence-corrected chi connectivity index (χ2v) is 9.00. The maximum absolute atomic E-state index is 13.6. The number of hydrogen-bond donors (Lipinski definition) is 1. The fourth-order valence-electron chi connectivity index (χ4n) is 3.73. The lowest BCUT2D eigenvalue weighted by Crippen LogP contribution is -2.51. The lowest BCUT2D eigenvalue weighted by molar-refractivity contribution is -0.142. The van der Waals surface area contributed by atoms with Crippen LogP contribution in [-0.2, 0) is 22.6 Å². The standard InChI is InChI=1S/C28H31BrN2O5/c1-4-30-28(33)26(14-20-8-6-5-7-9-20)31(18-21-10-12-22(29)13-11-21)27(32)19-36-25-16-23(34-2)15-24(17-25)35-3/h5-13,15-17,26H,4,14,18-19H2,1-3H3,(H,30,33). The first-order valence-corrected chi connectivity index (χ1v) is 12.4. The molecule has 0 fully saturated rings. The number of carbonyl (C=O) groups is 2. The van der Waals surface area contributed by atoms with Crippen molar-refractivity contribution >= 4 is 27.7 Å². The van der Waals surface area contributed by atoms with Gasteiger partial charge in [0.05, 0.1) is 14.2 Å². The fourth-order valence-corrected chi connectivity index (χ4v) is 3.99. The van der Waals surface area contributed by atoms with Crippen molar-refractivity contribution in [3.05, 3.63) is 88.4 Å². The van der Waals surface area contributed by atoms with Gasteiger partial charge in [0.25, 0.3) is 5.91 Å². The summed E-state index contributed by atoms with van der Waals surface area (Å²) in [5.41, 5.74) is 1.86. The molecule has 8 heteroatoms. The van der Waals surface area contributed by atoms with Gasteiger partial charge < -0.3 is 24.4 Å². The Hall–Kier alpha value is -3.52. The third kappa shape index (κ3) is 7.75. The molecule has 0 aliphatic carbocycles. The van der Waals surface area contributed by atoms with E-state index in [1.165, 1.54) is 0 Å². The van der Waals surface area contributed by atoms with Crippen molar-refractivity contribution in [3.8, 4) is 17.2 Å². The summed E-state index contributed by atoms with van der Waals surface area (Å²) in [5, 5.41) is 2.89. The predicted molar refractivity (Wildman–Crippen MR) is 142 cm³/mol. The van der Waals surface area contributed by atoms with Crippen molar-refractivity contribution in [2.24, 2.45) is 0 Å². The molecule has 2 amide bonds. The summed E-state index contributed by atoms with van der Waals surface area (Å²) in [5.74, 6) is 1.00. The van der Waals surface area contributed by atoms with Gasteiger partial charge in [0.1, 0.15) is 23.3 Å². The van der Waals surface area contributed by atoms with Gasteiger partial charge in [0.15, 0.2) is 6.61 Å². The number of nitrogens with one attached hydrogen (secondary N) is 1. The molecule has 3 aromatic rings. The Labute approximate surface area is 220 Å². The van der Waals surface area contributed by atoms with Crippen molar-refractivity contribution < 1.29 is 23.8 Å². The number of likely N-dealkylation sites (N-methyl/N-ethyl adjacent to an activating group) is 1. The number of nitrogens with zero attached hydrogens (tertiary/aromatic N) is 1. The smallest absolute Gasteiger partial charge is 0.261 e. The molecular weight excluding hydrogens is 524 g/mol. The number of ether oxygens (including phenoxy) is 3. The second kappa shape index (κ2) is 13.5. The average Bonchev–Trinajstić information content (AvgIpc) is 2.90. The summed E-state index contributed by atoms with van der Waals surface area (Å²) >= 11 is 3.45. The van der Waals surface area contributed by atoms with Crippen LogP contribution in [0.25, 0.3) is 0 Å². The Morgan fingerprint density at radius 3 is 2.08 bits per heavy atom. The third-order valence-corrected chi connectivity index (χ3v) is 6.10. The van der Waals surface area contributed by atoms with Gasteiger partial charge in [-0.15, -0.1) is 0 Å². The summed E-state index contributed by atoms with van der Waals surface area (Å²) in [6, 6.07) is 21.7. The van der Waals surface area contributed by atoms with Gasteiger partial charge in [-0.3, -0.25) is 9.59 Å². The van der Waals surface area contributed by atoms with E-state index < -0.39 is 6.04 Å². The topological polar surface area (TPSA) is 77.1 Å². The molecule has 7 nitrogen and oxygen atoms in total. The van der Waals surface area contributed by atoms with E-state index >= 15 is 0 Å². The second-order valence-electron chi connectivity index (χ2n) is 8.09. The van der Waals surface area contributed by atoms with Crippen LogP contribution in [0.2, 0.25) is 0 Å². The van der Waals surface area contributed by atoms with Gasteiger partial charge in [0, 0.05) is 42.2 Å². The molecule has 0 heterocycles. The first kappa shape index (κ1) is 27.1. The van der Waals surface area contributed by atoms with Gasteiger partial charge in [-0.25, -0.2) is 0 Å². The van der Waals surface area contributed by atoms with Crippen LogP contribution in [0, 0.1) is 0 Å². The Balaban J connectivity index is 1.89. The highest BCUT2D eigenvalue weighted by Crippen LogP contribution is 2.27. The zero-order valence-electron chi connectivity index (χ0n) is 20.7. The number of amides is 2. The Kier molecular flexibility index (Phi) is 10.2. The summed E-state index contributed by atoms with van der Waals surface area (Å²) in [7, 11) is 3.09. The van der Waals surface area contributed by atoms with Crippen molar-refractivity contribution in [2.45, 2.75) is 25.9 Å². The monoisotopic (exact) mass is 554 g/mol. The highest BCUT2D eigenvalue weighted by Gasteiger charge is 2.30. The molecule has 1 atom stereocenters. The van der Waals surface area contributed by atoms with E-state index in [1.807, 2.05) is 61.5 Å². The van der Waals surface area contributed by atoms with E-state index in [2.05, 4.69) is 21.2 Å². The normalized spacial score (nSPS) is 11.3. The highest BCUT2D eigenvalue weighted by molar-refractivity contribution is 9.10. The molecule has 3 aromatic carbocycles. The molecule has 1 unspecified atom stereocenters. The van der Waals surface area contributed by atoms with Gasteiger partial charge in [-0.1, -0.05) is 58.4 Å². The summed E-state index contributed by atoms with van der Waals surface area (Å²) in [6.45, 7) is 2.32. The molecule has 36 heavy (non-hydrogen) atoms. The van der Waals surface area contributed by atoms with Crippen molar-refractivity contribution in [3.63, 3.8) is 0 Å². The number of rotatable bonds is 12. The first-order valence-electron chi connectivity index (χ1n) is 11.6. The van der Waals surface area contributed by atoms with Crippen LogP contribution in [0.4, 0.5) is 0 Å². The van der Waals surface area contributed by atoms with Crippen molar-refractivity contribution in [1.29, 1.82) is 0 Å². The summed E-state index contributed by atoms with van der Waals surface area (Å²) in [6.07, 6.45) is 0.377. The number of hydrogen-bond acceptors (Lipinski definition) is 5. The molecule has 1 N–H and O–H groups in total. The third-order valence-electron chi connectivity index (χ3n) is 5.58. The Morgan fingerprint density at radius 2 is 1.50 bits per heavy atom. The molecule has 0 aromatic heterocycles. The minimum Gasteiger partial charge on any atom is -0.496 e. The average molecular weight is 555 g/mol. The number of methoxy groups -OCH3 is 2. The predicted octanol–water partition coefficient (Wildman–Crippen LogP) is 4.62. The van der Waals surface area contributed by atoms with E-state index in [0.717, 1.165) is 15.6 Å². The van der Waals surface area contributed by atoms with Crippen LogP contribution in [-0.4, -0.2) is 50.1 Å². The summed E-state index contributed by atoms with van der Waals surface area (Å²) < 4.78 is 17.4. The minimum atomic E-state index is -0.716. The number of halogens is 1. The SMILES string of the molecule is CCNC(=O)C(Cc1ccccc1)N(Cc1ccc(Br)cc1)C(=O)COc1cc(OC)cc(OC)c1. The molecule has 0 aliphatic rings. The molecule has 0 spiro atoms. The minimum absolute atomic E-state index is 0.213. The molecule has 0 saturated carbocycles. The van der Waals surface area contributed by atoms with Gasteiger partial charge in [-0.2, -0.15) is 0 Å². The Morgan fingerprint density at radius 1 is 0.889 bits per heavy atom. The number of benzene rings is 3. The molecule has 0 radical (unpaired) electrons. The molecule has 0 aliphatic heterocycles. The van der Waals surface area contributed by atoms with Gasteiger partial charge >= 0.3 is 0 Å². The van der Waals surface area contributed by atoms with Crippen LogP contribution in [0.3, 0.4) is 0 Å². The van der Waals surface area contributed by atoms with Crippen molar-refractivity contribution in [2.75, 3.05) is 27.4 Å². The van der Waals surface area contributed by atoms with Crippen molar-refractivity contribution in [1.82, 2.24) is 10.2 Å². The molecule has 0 bridgehead atoms. The van der Waals surface area contributed by atoms with Gasteiger partial charge in [0.2, 0.25) is 5.91 Å². The first-order chi connectivity index (χ1) is 17.4. The highest BCUT2D eigenvalue weighted by atomic mass is 79.9. The van der Waals surface area contributed by atoms with E-state index in [-0.39, 0.29) is 25.0 Å². The van der Waals surface area contributed by atoms with E-state index in [9.17, 15) is 9.59 Å². The van der Waals surface area contributed by atoms with Gasteiger partial charge in [-0.05, 0) is 30.2 Å². The van der Waals surface area contributed by atoms with E-state index in [0.29, 0.717) is 30.2 Å². The van der Waals surface area contributed by atoms with E-state index in [4.69, 9.17) is 14.2 Å². The number of carbonyl (C=O) groups excluding carboxylic acids is 2. The summed E-state index contributed by atoms with van der Waals surface area (Å²) in [4.78, 5) is 28.4. The maximum Gasteiger partial charge on any atom is 0.261 e. The molecule has 190 valence electrons. The Bertz CT molecular complexity index is 1120. The molecular formula is C28H31BrN2O5. The molecule has 3 rings (SSSR count). The largest absolute Gasteiger partial charge is 0.496 e. The maximum atomic E-state index is 13.6. The van der Waals surface area contributed by atoms with Crippen LogP contribution in [0.15, 0.2) is 77.3 Å². The zero-order chi connectivity index (χ0) is 25.9. The molecule has 0 saturated heterocycles. The van der Waals surface area contributed by atoms with E-state index in [1.54, 1.807) is 37.3 Å². The zero-order valence-corrected chi connectivity index (χ0v) is 22.3. The van der Waals surface area contributed by atoms with Crippen LogP contribution in [0.1, 0.15) is 18.1 Å². The lowest BCUT2D eigenvalue weighted by Gasteiger charge is -2.31. The quantitative estimate of drug-likeness (QED) is 0.353. The fraction of sp³-hybridized carbons (Fsp3) is 0.286. The van der Waals surface area contributed by atoms with Crippen LogP contribution >= 0.6 is 15.9 Å². The van der Waals surface area contributed by atoms with Crippen LogP contribution < -0.4 is 19.5 Å². The van der Waals surface area contributed by atoms with Crippen LogP contribution in [0.5, 0.6) is 17.2 Å². The lowest BCUT2D eigenvalue weighted by atomic mass is 10.0.